The highest BCUT2D eigenvalue weighted by Crippen LogP contribution is 2.15. The molecule has 0 N–H and O–H groups in total. The molecule has 5 heteroatoms. The number of allylic oxidation sites excluding steroid dienone is 1. The fraction of sp³-hybridized carbons (Fsp3) is 0.353. The normalized spacial score (nSPS) is 16.3. The van der Waals surface area contributed by atoms with Gasteiger partial charge >= 0.3 is 0 Å². The molecule has 114 valence electrons. The lowest BCUT2D eigenvalue weighted by Gasteiger charge is -2.27. The molecule has 4 nitrogen and oxygen atoms in total. The number of piperidine rings is 1. The van der Waals surface area contributed by atoms with Crippen LogP contribution in [0.15, 0.2) is 30.3 Å². The maximum atomic E-state index is 12.3. The van der Waals surface area contributed by atoms with Gasteiger partial charge in [-0.25, -0.2) is 0 Å². The summed E-state index contributed by atoms with van der Waals surface area (Å²) >= 11 is 5.87. The summed E-state index contributed by atoms with van der Waals surface area (Å²) in [5.41, 5.74) is 0.753. The summed E-state index contributed by atoms with van der Waals surface area (Å²) in [4.78, 5) is 26.0. The summed E-state index contributed by atoms with van der Waals surface area (Å²) in [7, 11) is 0. The molecule has 0 bridgehead atoms. The van der Waals surface area contributed by atoms with E-state index < -0.39 is 11.7 Å². The minimum absolute atomic E-state index is 0.386. The molecule has 0 aliphatic carbocycles. The highest BCUT2D eigenvalue weighted by atomic mass is 35.5. The number of carbonyl (C=O) groups is 2. The number of rotatable bonds is 4. The van der Waals surface area contributed by atoms with E-state index in [2.05, 4.69) is 0 Å². The van der Waals surface area contributed by atoms with E-state index in [1.807, 2.05) is 6.07 Å². The largest absolute Gasteiger partial charge is 0.341 e. The zero-order chi connectivity index (χ0) is 15.9. The summed E-state index contributed by atoms with van der Waals surface area (Å²) in [6.07, 6.45) is 5.79. The van der Waals surface area contributed by atoms with E-state index in [4.69, 9.17) is 16.9 Å². The fourth-order valence-electron chi connectivity index (χ4n) is 2.42. The Kier molecular flexibility index (Phi) is 5.74. The van der Waals surface area contributed by atoms with Crippen molar-refractivity contribution >= 4 is 29.4 Å². The first-order valence-electron chi connectivity index (χ1n) is 7.27. The Balaban J connectivity index is 2.05. The van der Waals surface area contributed by atoms with Gasteiger partial charge in [0.05, 0.1) is 6.07 Å². The number of nitrogens with zero attached hydrogens (tertiary/aromatic N) is 2. The minimum atomic E-state index is -1.26. The van der Waals surface area contributed by atoms with Crippen molar-refractivity contribution in [3.8, 4) is 6.07 Å². The predicted octanol–water partition coefficient (Wildman–Crippen LogP) is 3.07. The third kappa shape index (κ3) is 4.19. The van der Waals surface area contributed by atoms with E-state index in [1.165, 1.54) is 6.08 Å². The van der Waals surface area contributed by atoms with Gasteiger partial charge in [-0.05, 0) is 43.0 Å². The lowest BCUT2D eigenvalue weighted by Crippen LogP contribution is -2.41. The van der Waals surface area contributed by atoms with Crippen molar-refractivity contribution < 1.29 is 9.59 Å². The van der Waals surface area contributed by atoms with E-state index in [1.54, 1.807) is 35.2 Å². The molecular formula is C17H17ClN2O2. The van der Waals surface area contributed by atoms with E-state index in [0.29, 0.717) is 18.1 Å². The summed E-state index contributed by atoms with van der Waals surface area (Å²) in [5, 5.41) is 9.73. The molecule has 0 aromatic heterocycles. The third-order valence-electron chi connectivity index (χ3n) is 3.62. The standard InChI is InChI=1S/C17H17ClN2O2/c18-14-6-4-5-13(11-14)7-8-16(21)15(12-19)17(22)20-9-2-1-3-10-20/h4-8,11,15H,1-3,9-10H2. The van der Waals surface area contributed by atoms with Crippen molar-refractivity contribution in [3.05, 3.63) is 40.9 Å². The third-order valence-corrected chi connectivity index (χ3v) is 3.85. The van der Waals surface area contributed by atoms with Crippen LogP contribution in [0.1, 0.15) is 24.8 Å². The Bertz CT molecular complexity index is 628. The molecule has 0 saturated carbocycles. The molecule has 0 radical (unpaired) electrons. The lowest BCUT2D eigenvalue weighted by atomic mass is 10.0. The Morgan fingerprint density at radius 2 is 2.00 bits per heavy atom. The van der Waals surface area contributed by atoms with Crippen LogP contribution in [0.3, 0.4) is 0 Å². The molecule has 2 rings (SSSR count). The van der Waals surface area contributed by atoms with Gasteiger partial charge in [0.2, 0.25) is 5.91 Å². The second-order valence-corrected chi connectivity index (χ2v) is 5.68. The van der Waals surface area contributed by atoms with Gasteiger partial charge in [-0.3, -0.25) is 9.59 Å². The van der Waals surface area contributed by atoms with E-state index >= 15 is 0 Å². The summed E-state index contributed by atoms with van der Waals surface area (Å²) in [6.45, 7) is 1.25. The summed E-state index contributed by atoms with van der Waals surface area (Å²) < 4.78 is 0. The van der Waals surface area contributed by atoms with E-state index in [-0.39, 0.29) is 5.91 Å². The minimum Gasteiger partial charge on any atom is -0.341 e. The number of amides is 1. The zero-order valence-corrected chi connectivity index (χ0v) is 12.9. The van der Waals surface area contributed by atoms with Crippen LogP contribution < -0.4 is 0 Å². The highest BCUT2D eigenvalue weighted by Gasteiger charge is 2.29. The van der Waals surface area contributed by atoms with Crippen LogP contribution in [0.25, 0.3) is 6.08 Å². The molecule has 22 heavy (non-hydrogen) atoms. The Morgan fingerprint density at radius 3 is 2.64 bits per heavy atom. The predicted molar refractivity (Wildman–Crippen MR) is 85.0 cm³/mol. The molecule has 1 fully saturated rings. The fourth-order valence-corrected chi connectivity index (χ4v) is 2.62. The SMILES string of the molecule is N#CC(C(=O)C=Cc1cccc(Cl)c1)C(=O)N1CCCCC1. The molecule has 1 amide bonds. The highest BCUT2D eigenvalue weighted by molar-refractivity contribution is 6.30. The summed E-state index contributed by atoms with van der Waals surface area (Å²) in [6, 6.07) is 8.84. The molecule has 1 aromatic carbocycles. The van der Waals surface area contributed by atoms with Crippen molar-refractivity contribution in [2.24, 2.45) is 5.92 Å². The first-order chi connectivity index (χ1) is 10.6. The Labute approximate surface area is 135 Å². The molecule has 1 heterocycles. The number of likely N-dealkylation sites (tertiary alicyclic amines) is 1. The van der Waals surface area contributed by atoms with Gasteiger partial charge in [0.15, 0.2) is 11.7 Å². The topological polar surface area (TPSA) is 61.2 Å². The second-order valence-electron chi connectivity index (χ2n) is 5.24. The first kappa shape index (κ1) is 16.3. The second kappa shape index (κ2) is 7.77. The average Bonchev–Trinajstić information content (AvgIpc) is 2.54. The monoisotopic (exact) mass is 316 g/mol. The molecule has 1 aliphatic rings. The lowest BCUT2D eigenvalue weighted by molar-refractivity contribution is -0.138. The van der Waals surface area contributed by atoms with Crippen LogP contribution in [0.4, 0.5) is 0 Å². The first-order valence-corrected chi connectivity index (χ1v) is 7.65. The van der Waals surface area contributed by atoms with Gasteiger partial charge in [-0.1, -0.05) is 29.8 Å². The van der Waals surface area contributed by atoms with Crippen LogP contribution in [0.5, 0.6) is 0 Å². The molecule has 1 unspecified atom stereocenters. The van der Waals surface area contributed by atoms with Crippen molar-refractivity contribution in [3.63, 3.8) is 0 Å². The number of nitriles is 1. The van der Waals surface area contributed by atoms with Crippen LogP contribution >= 0.6 is 11.6 Å². The van der Waals surface area contributed by atoms with Gasteiger partial charge < -0.3 is 4.90 Å². The van der Waals surface area contributed by atoms with Crippen molar-refractivity contribution in [2.75, 3.05) is 13.1 Å². The maximum absolute atomic E-state index is 12.3. The maximum Gasteiger partial charge on any atom is 0.247 e. The van der Waals surface area contributed by atoms with Crippen molar-refractivity contribution in [2.45, 2.75) is 19.3 Å². The number of halogens is 1. The molecule has 1 atom stereocenters. The van der Waals surface area contributed by atoms with Crippen molar-refractivity contribution in [1.82, 2.24) is 4.90 Å². The Morgan fingerprint density at radius 1 is 1.27 bits per heavy atom. The number of carbonyl (C=O) groups excluding carboxylic acids is 2. The van der Waals surface area contributed by atoms with Gasteiger partial charge in [-0.2, -0.15) is 5.26 Å². The van der Waals surface area contributed by atoms with Crippen LogP contribution in [0, 0.1) is 17.2 Å². The molecule has 0 spiro atoms. The quantitative estimate of drug-likeness (QED) is 0.633. The number of ketones is 1. The number of benzene rings is 1. The van der Waals surface area contributed by atoms with Gasteiger partial charge in [0.1, 0.15) is 0 Å². The van der Waals surface area contributed by atoms with Gasteiger partial charge in [0, 0.05) is 18.1 Å². The Hall–Kier alpha value is -2.12. The number of hydrogen-bond donors (Lipinski definition) is 0. The van der Waals surface area contributed by atoms with Gasteiger partial charge in [-0.15, -0.1) is 0 Å². The van der Waals surface area contributed by atoms with Crippen LogP contribution in [-0.2, 0) is 9.59 Å². The van der Waals surface area contributed by atoms with E-state index in [9.17, 15) is 9.59 Å². The molecule has 1 saturated heterocycles. The van der Waals surface area contributed by atoms with Crippen molar-refractivity contribution in [1.29, 1.82) is 5.26 Å². The average molecular weight is 317 g/mol. The zero-order valence-electron chi connectivity index (χ0n) is 12.2. The van der Waals surface area contributed by atoms with E-state index in [0.717, 1.165) is 24.8 Å². The molecule has 1 aliphatic heterocycles. The molecule has 1 aromatic rings. The number of hydrogen-bond acceptors (Lipinski definition) is 3. The van der Waals surface area contributed by atoms with Gasteiger partial charge in [0.25, 0.3) is 0 Å². The summed E-state index contributed by atoms with van der Waals surface area (Å²) in [5.74, 6) is -2.13. The molecular weight excluding hydrogens is 300 g/mol. The van der Waals surface area contributed by atoms with Crippen LogP contribution in [-0.4, -0.2) is 29.7 Å². The smallest absolute Gasteiger partial charge is 0.247 e. The van der Waals surface area contributed by atoms with Crippen LogP contribution in [0.2, 0.25) is 5.02 Å².